The molecule has 0 bridgehead atoms. The molecule has 0 fully saturated rings. The number of ether oxygens (including phenoxy) is 4. The number of carbonyl (C=O) groups is 4. The Kier molecular flexibility index (Phi) is 76.3. The minimum absolute atomic E-state index is 0.0351. The van der Waals surface area contributed by atoms with Gasteiger partial charge in [0.15, 0.2) is 12.2 Å². The molecule has 0 amide bonds. The van der Waals surface area contributed by atoms with Crippen molar-refractivity contribution in [3.8, 4) is 0 Å². The average Bonchev–Trinajstić information content (AvgIpc) is 0.914. The summed E-state index contributed by atoms with van der Waals surface area (Å²) in [5.74, 6) is -2.32. The predicted molar refractivity (Wildman–Crippen MR) is 445 cm³/mol. The Morgan fingerprint density at radius 2 is 0.500 bits per heavy atom. The maximum atomic E-state index is 13.1. The maximum absolute atomic E-state index is 13.1. The van der Waals surface area contributed by atoms with Crippen molar-refractivity contribution in [2.45, 2.75) is 354 Å². The quantitative estimate of drug-likeness (QED) is 0.0169. The van der Waals surface area contributed by atoms with Gasteiger partial charge in [0.2, 0.25) is 0 Å². The highest BCUT2D eigenvalue weighted by Gasteiger charge is 2.30. The Morgan fingerprint density at radius 1 is 0.269 bits per heavy atom. The first-order valence-electron chi connectivity index (χ1n) is 42.1. The Morgan fingerprint density at radius 3 is 0.824 bits per heavy atom. The highest BCUT2D eigenvalue weighted by molar-refractivity contribution is 7.47. The van der Waals surface area contributed by atoms with E-state index in [2.05, 4.69) is 155 Å². The van der Waals surface area contributed by atoms with E-state index < -0.39 is 97.5 Å². The fraction of sp³-hybridized carbons (Fsp3) is 0.685. The minimum Gasteiger partial charge on any atom is -0.462 e. The molecule has 0 spiro atoms. The number of phosphoric ester groups is 2. The van der Waals surface area contributed by atoms with Crippen molar-refractivity contribution in [1.29, 1.82) is 0 Å². The first kappa shape index (κ1) is 103. The van der Waals surface area contributed by atoms with E-state index in [1.807, 2.05) is 18.2 Å². The summed E-state index contributed by atoms with van der Waals surface area (Å²) < 4.78 is 68.6. The maximum Gasteiger partial charge on any atom is 0.472 e. The van der Waals surface area contributed by atoms with Gasteiger partial charge in [0.1, 0.15) is 19.3 Å². The molecule has 3 N–H and O–H groups in total. The number of hydrogen-bond acceptors (Lipinski definition) is 15. The van der Waals surface area contributed by atoms with Crippen LogP contribution < -0.4 is 0 Å². The van der Waals surface area contributed by atoms with E-state index >= 15 is 0 Å². The lowest BCUT2D eigenvalue weighted by atomic mass is 10.0. The van der Waals surface area contributed by atoms with E-state index in [4.69, 9.17) is 37.0 Å². The molecule has 0 aliphatic carbocycles. The zero-order valence-corrected chi connectivity index (χ0v) is 69.5. The molecule has 17 nitrogen and oxygen atoms in total. The summed E-state index contributed by atoms with van der Waals surface area (Å²) in [6.07, 6.45) is 92.6. The Bertz CT molecular complexity index is 2610. The van der Waals surface area contributed by atoms with Crippen LogP contribution in [0.15, 0.2) is 146 Å². The molecule has 0 aromatic carbocycles. The van der Waals surface area contributed by atoms with Gasteiger partial charge in [-0.25, -0.2) is 9.13 Å². The molecule has 19 heteroatoms. The second-order valence-electron chi connectivity index (χ2n) is 27.7. The normalized spacial score (nSPS) is 14.5. The topological polar surface area (TPSA) is 237 Å². The molecule has 2 unspecified atom stereocenters. The number of rotatable bonds is 78. The first-order chi connectivity index (χ1) is 52.7. The second-order valence-corrected chi connectivity index (χ2v) is 30.6. The van der Waals surface area contributed by atoms with E-state index in [0.29, 0.717) is 32.1 Å². The molecule has 0 saturated heterocycles. The lowest BCUT2D eigenvalue weighted by molar-refractivity contribution is -0.161. The highest BCUT2D eigenvalue weighted by Crippen LogP contribution is 2.45. The zero-order valence-electron chi connectivity index (χ0n) is 67.7. The van der Waals surface area contributed by atoms with Gasteiger partial charge in [-0.05, 0) is 141 Å². The SMILES string of the molecule is CC/C=C\C/C=C\C/C=C\C/C=C\C/C=C\CCCCCC(=O)OC[C@H](COP(=O)(O)OC[C@@H](O)COP(=O)(O)OC[C@@H](COC(=O)CCCCCCC/C=C\C/C=C\CCCCC)OC(=O)CC/C=C\C/C=C\C/C=C\C/C=C\C/C=C\CCCCC)OC(=O)CCCCCCCCCCCCCCCCC. The van der Waals surface area contributed by atoms with Crippen LogP contribution in [0.4, 0.5) is 0 Å². The molecule has 618 valence electrons. The van der Waals surface area contributed by atoms with Gasteiger partial charge in [-0.15, -0.1) is 0 Å². The van der Waals surface area contributed by atoms with Crippen molar-refractivity contribution in [2.75, 3.05) is 39.6 Å². The third-order valence-corrected chi connectivity index (χ3v) is 19.2. The number of carbonyl (C=O) groups excluding carboxylic acids is 4. The molecule has 108 heavy (non-hydrogen) atoms. The summed E-state index contributed by atoms with van der Waals surface area (Å²) in [6, 6.07) is 0. The third-order valence-electron chi connectivity index (χ3n) is 17.3. The third kappa shape index (κ3) is 79.0. The van der Waals surface area contributed by atoms with Gasteiger partial charge < -0.3 is 33.8 Å². The lowest BCUT2D eigenvalue weighted by Crippen LogP contribution is -2.30. The summed E-state index contributed by atoms with van der Waals surface area (Å²) in [4.78, 5) is 73.1. The molecule has 0 heterocycles. The summed E-state index contributed by atoms with van der Waals surface area (Å²) in [5.41, 5.74) is 0. The van der Waals surface area contributed by atoms with Crippen LogP contribution >= 0.6 is 15.6 Å². The van der Waals surface area contributed by atoms with Crippen molar-refractivity contribution in [2.24, 2.45) is 0 Å². The smallest absolute Gasteiger partial charge is 0.462 e. The van der Waals surface area contributed by atoms with Gasteiger partial charge in [0.05, 0.1) is 26.4 Å². The largest absolute Gasteiger partial charge is 0.472 e. The first-order valence-corrected chi connectivity index (χ1v) is 45.1. The molecule has 0 radical (unpaired) electrons. The molecule has 0 aliphatic heterocycles. The molecule has 0 aliphatic rings. The predicted octanol–water partition coefficient (Wildman–Crippen LogP) is 25.0. The summed E-state index contributed by atoms with van der Waals surface area (Å²) in [7, 11) is -10.0. The monoisotopic (exact) mass is 1550 g/mol. The fourth-order valence-electron chi connectivity index (χ4n) is 10.9. The lowest BCUT2D eigenvalue weighted by Gasteiger charge is -2.21. The van der Waals surface area contributed by atoms with E-state index in [1.54, 1.807) is 0 Å². The highest BCUT2D eigenvalue weighted by atomic mass is 31.2. The van der Waals surface area contributed by atoms with Gasteiger partial charge in [-0.2, -0.15) is 0 Å². The molecular weight excluding hydrogens is 1400 g/mol. The van der Waals surface area contributed by atoms with Crippen LogP contribution in [0.1, 0.15) is 336 Å². The van der Waals surface area contributed by atoms with Crippen LogP contribution in [-0.2, 0) is 65.4 Å². The number of esters is 4. The zero-order chi connectivity index (χ0) is 78.9. The summed E-state index contributed by atoms with van der Waals surface area (Å²) >= 11 is 0. The van der Waals surface area contributed by atoms with Crippen molar-refractivity contribution >= 4 is 39.5 Å². The van der Waals surface area contributed by atoms with Crippen LogP contribution in [0.25, 0.3) is 0 Å². The molecule has 0 aromatic heterocycles. The molecule has 0 aromatic rings. The van der Waals surface area contributed by atoms with Crippen LogP contribution in [0.3, 0.4) is 0 Å². The number of unbranched alkanes of at least 4 members (excludes halogenated alkanes) is 28. The van der Waals surface area contributed by atoms with Crippen molar-refractivity contribution in [3.63, 3.8) is 0 Å². The average molecular weight is 1550 g/mol. The number of aliphatic hydroxyl groups excluding tert-OH is 1. The fourth-order valence-corrected chi connectivity index (χ4v) is 12.5. The number of allylic oxidation sites excluding steroid dienone is 24. The van der Waals surface area contributed by atoms with Crippen LogP contribution in [-0.4, -0.2) is 96.7 Å². The summed E-state index contributed by atoms with van der Waals surface area (Å²) in [5, 5.41) is 10.7. The Labute approximate surface area is 656 Å². The number of phosphoric acid groups is 2. The van der Waals surface area contributed by atoms with Crippen LogP contribution in [0, 0.1) is 0 Å². The van der Waals surface area contributed by atoms with Crippen LogP contribution in [0.2, 0.25) is 0 Å². The standard InChI is InChI=1S/C89H150O17P2/c1-5-9-13-17-21-25-29-33-37-39-41-43-47-50-54-58-62-66-70-74-87(92)100-80-84(105-88(93)75-71-67-63-59-55-51-46-36-32-28-24-20-16-12-8-4)81-103-107(95,96)101-77-83(90)78-102-108(97,98)104-82-85(79-99-86(91)73-69-65-61-57-53-49-45-35-31-27-23-19-15-11-7-3)106-89(94)76-72-68-64-60-56-52-48-44-42-40-38-34-30-26-22-18-14-10-6-2/h9,13,21-23,25-27,33-35,37-38,41-45,50,52,54,56,64,68,83-85,90H,5-8,10-12,14-20,24,28-32,36,39-40,46-49,51,53,55,57-63,65-67,69-82H2,1-4H3,(H,95,96)(H,97,98)/b13-9-,25-21-,26-22-,27-23-,37-33-,38-34-,43-41-,44-42-,45-35-,54-50-,56-52-,68-64-/t83-,84-,85-/m1/s1. The molecule has 0 rings (SSSR count). The second kappa shape index (κ2) is 80.0. The van der Waals surface area contributed by atoms with Gasteiger partial charge in [-0.3, -0.25) is 37.3 Å². The van der Waals surface area contributed by atoms with E-state index in [9.17, 15) is 43.2 Å². The van der Waals surface area contributed by atoms with Crippen molar-refractivity contribution in [1.82, 2.24) is 0 Å². The van der Waals surface area contributed by atoms with Gasteiger partial charge in [0, 0.05) is 25.7 Å². The molecule has 5 atom stereocenters. The van der Waals surface area contributed by atoms with Gasteiger partial charge in [0.25, 0.3) is 0 Å². The number of aliphatic hydroxyl groups is 1. The minimum atomic E-state index is -5.01. The Hall–Kier alpha value is -5.06. The molecular formula is C89H150O17P2. The van der Waals surface area contributed by atoms with Gasteiger partial charge >= 0.3 is 39.5 Å². The van der Waals surface area contributed by atoms with E-state index in [1.165, 1.54) is 103 Å². The Balaban J connectivity index is 5.48. The van der Waals surface area contributed by atoms with Crippen molar-refractivity contribution < 1.29 is 80.2 Å². The van der Waals surface area contributed by atoms with E-state index in [0.717, 1.165) is 148 Å². The van der Waals surface area contributed by atoms with Crippen LogP contribution in [0.5, 0.6) is 0 Å². The van der Waals surface area contributed by atoms with Crippen molar-refractivity contribution in [3.05, 3.63) is 146 Å². The number of hydrogen-bond donors (Lipinski definition) is 3. The molecule has 0 saturated carbocycles. The van der Waals surface area contributed by atoms with E-state index in [-0.39, 0.29) is 25.7 Å². The van der Waals surface area contributed by atoms with Gasteiger partial charge in [-0.1, -0.05) is 315 Å². The summed E-state index contributed by atoms with van der Waals surface area (Å²) in [6.45, 7) is 4.60.